The Bertz CT molecular complexity index is 303. The molecule has 0 heterocycles. The highest BCUT2D eigenvalue weighted by Crippen LogP contribution is 2.13. The molecule has 1 aromatic carbocycles. The van der Waals surface area contributed by atoms with Crippen molar-refractivity contribution in [2.75, 3.05) is 18.5 Å². The quantitative estimate of drug-likeness (QED) is 0.676. The fraction of sp³-hybridized carbons (Fsp3) is 0.333. The minimum Gasteiger partial charge on any atom is -0.394 e. The first-order valence-electron chi connectivity index (χ1n) is 4.10. The van der Waals surface area contributed by atoms with Crippen molar-refractivity contribution >= 4 is 5.69 Å². The van der Waals surface area contributed by atoms with Crippen LogP contribution in [0.2, 0.25) is 0 Å². The predicted molar refractivity (Wildman–Crippen MR) is 47.9 cm³/mol. The van der Waals surface area contributed by atoms with Crippen LogP contribution < -0.4 is 5.32 Å². The van der Waals surface area contributed by atoms with Gasteiger partial charge in [-0.2, -0.15) is 0 Å². The Morgan fingerprint density at radius 2 is 1.79 bits per heavy atom. The molecule has 0 fully saturated rings. The molecule has 0 bridgehead atoms. The standard InChI is InChI=1S/C9H11F2NO2/c10-8-2-1-6(3-9(8)11)12-7(4-13)5-14/h1-3,7,12-14H,4-5H2. The summed E-state index contributed by atoms with van der Waals surface area (Å²) < 4.78 is 25.2. The van der Waals surface area contributed by atoms with Crippen LogP contribution in [-0.4, -0.2) is 29.5 Å². The predicted octanol–water partition coefficient (Wildman–Crippen LogP) is 0.730. The van der Waals surface area contributed by atoms with Gasteiger partial charge in [-0.15, -0.1) is 0 Å². The highest BCUT2D eigenvalue weighted by molar-refractivity contribution is 5.44. The molecule has 0 saturated carbocycles. The van der Waals surface area contributed by atoms with Gasteiger partial charge in [0.2, 0.25) is 0 Å². The van der Waals surface area contributed by atoms with Crippen LogP contribution >= 0.6 is 0 Å². The molecule has 0 atom stereocenters. The van der Waals surface area contributed by atoms with E-state index >= 15 is 0 Å². The smallest absolute Gasteiger partial charge is 0.160 e. The van der Waals surface area contributed by atoms with E-state index in [0.717, 1.165) is 12.1 Å². The summed E-state index contributed by atoms with van der Waals surface area (Å²) in [6.07, 6.45) is 0. The topological polar surface area (TPSA) is 52.5 Å². The maximum absolute atomic E-state index is 12.7. The number of benzene rings is 1. The van der Waals surface area contributed by atoms with Crippen LogP contribution in [0.15, 0.2) is 18.2 Å². The van der Waals surface area contributed by atoms with Gasteiger partial charge < -0.3 is 15.5 Å². The molecule has 0 aliphatic rings. The maximum Gasteiger partial charge on any atom is 0.160 e. The molecule has 0 spiro atoms. The highest BCUT2D eigenvalue weighted by atomic mass is 19.2. The first kappa shape index (κ1) is 10.9. The zero-order valence-corrected chi connectivity index (χ0v) is 7.37. The van der Waals surface area contributed by atoms with Crippen molar-refractivity contribution in [1.29, 1.82) is 0 Å². The van der Waals surface area contributed by atoms with E-state index in [9.17, 15) is 8.78 Å². The van der Waals surface area contributed by atoms with Gasteiger partial charge in [-0.25, -0.2) is 8.78 Å². The molecule has 3 nitrogen and oxygen atoms in total. The third-order valence-electron chi connectivity index (χ3n) is 1.73. The lowest BCUT2D eigenvalue weighted by atomic mass is 10.2. The van der Waals surface area contributed by atoms with Gasteiger partial charge in [-0.05, 0) is 12.1 Å². The summed E-state index contributed by atoms with van der Waals surface area (Å²) in [7, 11) is 0. The molecule has 0 aliphatic carbocycles. The molecule has 78 valence electrons. The lowest BCUT2D eigenvalue weighted by Gasteiger charge is -2.14. The van der Waals surface area contributed by atoms with Crippen LogP contribution in [0.4, 0.5) is 14.5 Å². The highest BCUT2D eigenvalue weighted by Gasteiger charge is 2.07. The van der Waals surface area contributed by atoms with Crippen molar-refractivity contribution in [1.82, 2.24) is 0 Å². The minimum atomic E-state index is -0.968. The normalized spacial score (nSPS) is 10.6. The molecule has 1 aromatic rings. The molecule has 3 N–H and O–H groups in total. The molecule has 5 heteroatoms. The van der Waals surface area contributed by atoms with Crippen LogP contribution in [0.5, 0.6) is 0 Å². The van der Waals surface area contributed by atoms with E-state index in [1.54, 1.807) is 0 Å². The zero-order chi connectivity index (χ0) is 10.6. The van der Waals surface area contributed by atoms with Crippen LogP contribution in [0.1, 0.15) is 0 Å². The molecule has 0 aromatic heterocycles. The van der Waals surface area contributed by atoms with E-state index in [1.807, 2.05) is 0 Å². The average Bonchev–Trinajstić information content (AvgIpc) is 2.19. The number of aliphatic hydroxyl groups is 2. The van der Waals surface area contributed by atoms with Gasteiger partial charge in [0.05, 0.1) is 19.3 Å². The monoisotopic (exact) mass is 203 g/mol. The average molecular weight is 203 g/mol. The van der Waals surface area contributed by atoms with E-state index in [0.29, 0.717) is 5.69 Å². The number of hydrogen-bond acceptors (Lipinski definition) is 3. The van der Waals surface area contributed by atoms with Crippen molar-refractivity contribution < 1.29 is 19.0 Å². The van der Waals surface area contributed by atoms with Gasteiger partial charge in [-0.3, -0.25) is 0 Å². The Morgan fingerprint density at radius 1 is 1.14 bits per heavy atom. The van der Waals surface area contributed by atoms with Crippen molar-refractivity contribution in [3.8, 4) is 0 Å². The van der Waals surface area contributed by atoms with E-state index in [-0.39, 0.29) is 13.2 Å². The second kappa shape index (κ2) is 4.88. The summed E-state index contributed by atoms with van der Waals surface area (Å²) in [5.41, 5.74) is 0.317. The summed E-state index contributed by atoms with van der Waals surface area (Å²) in [4.78, 5) is 0. The Kier molecular flexibility index (Phi) is 3.79. The zero-order valence-electron chi connectivity index (χ0n) is 7.37. The van der Waals surface area contributed by atoms with E-state index < -0.39 is 17.7 Å². The second-order valence-electron chi connectivity index (χ2n) is 2.84. The van der Waals surface area contributed by atoms with Crippen molar-refractivity contribution in [3.05, 3.63) is 29.8 Å². The summed E-state index contributed by atoms with van der Waals surface area (Å²) in [6, 6.07) is 2.70. The lowest BCUT2D eigenvalue weighted by molar-refractivity contribution is 0.204. The lowest BCUT2D eigenvalue weighted by Crippen LogP contribution is -2.27. The van der Waals surface area contributed by atoms with Gasteiger partial charge in [0, 0.05) is 11.8 Å². The van der Waals surface area contributed by atoms with Crippen molar-refractivity contribution in [3.63, 3.8) is 0 Å². The molecule has 0 amide bonds. The Labute approximate surface area is 80.0 Å². The third kappa shape index (κ3) is 2.65. The van der Waals surface area contributed by atoms with Crippen LogP contribution in [0.25, 0.3) is 0 Å². The number of hydrogen-bond donors (Lipinski definition) is 3. The van der Waals surface area contributed by atoms with Gasteiger partial charge in [0.15, 0.2) is 11.6 Å². The Morgan fingerprint density at radius 3 is 2.29 bits per heavy atom. The van der Waals surface area contributed by atoms with Gasteiger partial charge >= 0.3 is 0 Å². The minimum absolute atomic E-state index is 0.282. The van der Waals surface area contributed by atoms with Crippen molar-refractivity contribution in [2.24, 2.45) is 0 Å². The summed E-state index contributed by atoms with van der Waals surface area (Å²) in [6.45, 7) is -0.564. The molecule has 0 saturated heterocycles. The van der Waals surface area contributed by atoms with E-state index in [2.05, 4.69) is 5.32 Å². The SMILES string of the molecule is OCC(CO)Nc1ccc(F)c(F)c1. The Hall–Kier alpha value is -1.20. The first-order valence-corrected chi connectivity index (χ1v) is 4.10. The molecule has 14 heavy (non-hydrogen) atoms. The number of aliphatic hydroxyl groups excluding tert-OH is 2. The Balaban J connectivity index is 2.72. The summed E-state index contributed by atoms with van der Waals surface area (Å²) in [5.74, 6) is -1.90. The van der Waals surface area contributed by atoms with E-state index in [4.69, 9.17) is 10.2 Å². The number of halogens is 2. The maximum atomic E-state index is 12.7. The number of rotatable bonds is 4. The van der Waals surface area contributed by atoms with Gasteiger partial charge in [0.25, 0.3) is 0 Å². The molecule has 0 unspecified atom stereocenters. The molecule has 1 rings (SSSR count). The van der Waals surface area contributed by atoms with Gasteiger partial charge in [-0.1, -0.05) is 0 Å². The molecule has 0 radical (unpaired) electrons. The summed E-state index contributed by atoms with van der Waals surface area (Å²) >= 11 is 0. The van der Waals surface area contributed by atoms with Crippen LogP contribution in [-0.2, 0) is 0 Å². The third-order valence-corrected chi connectivity index (χ3v) is 1.73. The molecular formula is C9H11F2NO2. The number of anilines is 1. The largest absolute Gasteiger partial charge is 0.394 e. The van der Waals surface area contributed by atoms with E-state index in [1.165, 1.54) is 6.07 Å². The fourth-order valence-corrected chi connectivity index (χ4v) is 0.971. The summed E-state index contributed by atoms with van der Waals surface area (Å²) in [5, 5.41) is 20.1. The van der Waals surface area contributed by atoms with Crippen molar-refractivity contribution in [2.45, 2.75) is 6.04 Å². The molecular weight excluding hydrogens is 192 g/mol. The fourth-order valence-electron chi connectivity index (χ4n) is 0.971. The number of nitrogens with one attached hydrogen (secondary N) is 1. The van der Waals surface area contributed by atoms with Gasteiger partial charge in [0.1, 0.15) is 0 Å². The van der Waals surface area contributed by atoms with Crippen LogP contribution in [0.3, 0.4) is 0 Å². The van der Waals surface area contributed by atoms with Crippen LogP contribution in [0, 0.1) is 11.6 Å². The molecule has 0 aliphatic heterocycles. The second-order valence-corrected chi connectivity index (χ2v) is 2.84. The first-order chi connectivity index (χ1) is 6.67.